The van der Waals surface area contributed by atoms with Gasteiger partial charge in [0, 0.05) is 34.1 Å². The van der Waals surface area contributed by atoms with E-state index in [1.165, 1.54) is 88.0 Å². The van der Waals surface area contributed by atoms with E-state index in [-0.39, 0.29) is 0 Å². The number of hydrogen-bond donors (Lipinski definition) is 0. The molecule has 11 aromatic rings. The van der Waals surface area contributed by atoms with Crippen molar-refractivity contribution in [3.8, 4) is 22.3 Å². The molecule has 0 unspecified atom stereocenters. The minimum Gasteiger partial charge on any atom is -0.310 e. The van der Waals surface area contributed by atoms with Crippen LogP contribution in [-0.4, -0.2) is 0 Å². The average molecular weight is 885 g/mol. The van der Waals surface area contributed by atoms with E-state index in [0.717, 1.165) is 34.1 Å². The Morgan fingerprint density at radius 2 is 0.609 bits per heavy atom. The van der Waals surface area contributed by atoms with Crippen LogP contribution < -0.4 is 9.80 Å². The summed E-state index contributed by atoms with van der Waals surface area (Å²) in [7, 11) is 0. The molecule has 13 rings (SSSR count). The quantitative estimate of drug-likeness (QED) is 0.140. The van der Waals surface area contributed by atoms with Crippen molar-refractivity contribution in [2.24, 2.45) is 0 Å². The highest BCUT2D eigenvalue weighted by atomic mass is 15.1. The number of nitrogens with zero attached hydrogens (tertiary/aromatic N) is 2. The number of rotatable bonds is 8. The third-order valence-corrected chi connectivity index (χ3v) is 15.2. The molecule has 0 fully saturated rings. The van der Waals surface area contributed by atoms with Gasteiger partial charge in [-0.2, -0.15) is 0 Å². The third kappa shape index (κ3) is 6.25. The SMILES string of the molecule is CC(C)c1ccc(N(c2ccccc2)c2ccc3c(c2)C2(c4ccccc4-c4cc5c6ccccc6c6ccccc6c5cc42)c2cc(N(c4ccccc4)c4ccc(C(C)C)cc4)ccc2-3)cc1. The van der Waals surface area contributed by atoms with Crippen LogP contribution in [0.4, 0.5) is 34.1 Å². The summed E-state index contributed by atoms with van der Waals surface area (Å²) >= 11 is 0. The molecule has 0 atom stereocenters. The van der Waals surface area contributed by atoms with E-state index in [9.17, 15) is 0 Å². The minimum atomic E-state index is -0.642. The van der Waals surface area contributed by atoms with Crippen molar-refractivity contribution >= 4 is 66.4 Å². The summed E-state index contributed by atoms with van der Waals surface area (Å²) in [4.78, 5) is 4.87. The molecule has 69 heavy (non-hydrogen) atoms. The zero-order valence-electron chi connectivity index (χ0n) is 39.5. The molecular formula is C67H52N2. The first-order valence-corrected chi connectivity index (χ1v) is 24.6. The van der Waals surface area contributed by atoms with Gasteiger partial charge in [-0.05, 0) is 185 Å². The number of anilines is 6. The normalized spacial score (nSPS) is 13.0. The third-order valence-electron chi connectivity index (χ3n) is 15.2. The molecule has 0 aromatic heterocycles. The van der Waals surface area contributed by atoms with Crippen LogP contribution in [0.1, 0.15) is 72.9 Å². The van der Waals surface area contributed by atoms with Gasteiger partial charge in [0.05, 0.1) is 5.41 Å². The molecular weight excluding hydrogens is 833 g/mol. The predicted octanol–water partition coefficient (Wildman–Crippen LogP) is 18.7. The zero-order valence-corrected chi connectivity index (χ0v) is 39.5. The van der Waals surface area contributed by atoms with Gasteiger partial charge < -0.3 is 9.80 Å². The molecule has 0 bridgehead atoms. The molecule has 0 radical (unpaired) electrons. The molecule has 2 aliphatic rings. The first-order valence-electron chi connectivity index (χ1n) is 24.6. The lowest BCUT2D eigenvalue weighted by atomic mass is 9.70. The molecule has 0 N–H and O–H groups in total. The van der Waals surface area contributed by atoms with Gasteiger partial charge in [-0.1, -0.05) is 173 Å². The molecule has 0 saturated carbocycles. The summed E-state index contributed by atoms with van der Waals surface area (Å²) in [5, 5.41) is 7.71. The molecule has 2 aliphatic carbocycles. The Hall–Kier alpha value is -8.20. The second-order valence-electron chi connectivity index (χ2n) is 19.6. The van der Waals surface area contributed by atoms with E-state index in [2.05, 4.69) is 268 Å². The van der Waals surface area contributed by atoms with E-state index in [4.69, 9.17) is 0 Å². The molecule has 0 amide bonds. The summed E-state index contributed by atoms with van der Waals surface area (Å²) in [6.45, 7) is 9.06. The zero-order chi connectivity index (χ0) is 46.4. The van der Waals surface area contributed by atoms with Crippen molar-refractivity contribution in [2.75, 3.05) is 9.80 Å². The van der Waals surface area contributed by atoms with Gasteiger partial charge in [-0.15, -0.1) is 0 Å². The van der Waals surface area contributed by atoms with Crippen LogP contribution in [0.2, 0.25) is 0 Å². The van der Waals surface area contributed by atoms with Crippen LogP contribution in [-0.2, 0) is 5.41 Å². The minimum absolute atomic E-state index is 0.443. The fourth-order valence-electron chi connectivity index (χ4n) is 11.9. The molecule has 0 saturated heterocycles. The predicted molar refractivity (Wildman–Crippen MR) is 293 cm³/mol. The summed E-state index contributed by atoms with van der Waals surface area (Å²) in [5.41, 5.74) is 19.2. The monoisotopic (exact) mass is 884 g/mol. The van der Waals surface area contributed by atoms with Gasteiger partial charge in [0.25, 0.3) is 0 Å². The first-order chi connectivity index (χ1) is 33.9. The second kappa shape index (κ2) is 16.0. The Morgan fingerprint density at radius 3 is 1.07 bits per heavy atom. The average Bonchev–Trinajstić information content (AvgIpc) is 3.85. The number of hydrogen-bond acceptors (Lipinski definition) is 2. The largest absolute Gasteiger partial charge is 0.310 e. The van der Waals surface area contributed by atoms with Gasteiger partial charge >= 0.3 is 0 Å². The summed E-state index contributed by atoms with van der Waals surface area (Å²) in [6.07, 6.45) is 0. The van der Waals surface area contributed by atoms with Gasteiger partial charge in [0.1, 0.15) is 0 Å². The Bertz CT molecular complexity index is 3630. The Labute approximate surface area is 405 Å². The maximum atomic E-state index is 2.58. The van der Waals surface area contributed by atoms with Crippen LogP contribution in [0.15, 0.2) is 231 Å². The second-order valence-corrected chi connectivity index (χ2v) is 19.6. The molecule has 2 nitrogen and oxygen atoms in total. The Balaban J connectivity index is 1.13. The number of fused-ring (bicyclic) bond motifs is 16. The maximum Gasteiger partial charge on any atom is 0.0727 e. The summed E-state index contributed by atoms with van der Waals surface area (Å²) in [6, 6.07) is 86.9. The first kappa shape index (κ1) is 41.0. The topological polar surface area (TPSA) is 6.48 Å². The van der Waals surface area contributed by atoms with Crippen LogP contribution >= 0.6 is 0 Å². The molecule has 11 aromatic carbocycles. The van der Waals surface area contributed by atoms with Gasteiger partial charge in [0.2, 0.25) is 0 Å². The van der Waals surface area contributed by atoms with E-state index in [0.29, 0.717) is 11.8 Å². The highest BCUT2D eigenvalue weighted by molar-refractivity contribution is 6.26. The fraction of sp³-hybridized carbons (Fsp3) is 0.104. The number of benzene rings is 11. The van der Waals surface area contributed by atoms with Crippen LogP contribution in [0.25, 0.3) is 54.6 Å². The fourth-order valence-corrected chi connectivity index (χ4v) is 11.9. The standard InChI is InChI=1S/C67H52N2/c1-43(2)45-27-31-49(32-28-45)68(47-17-7-5-8-18-47)51-35-37-58-59-38-36-52(69(48-19-9-6-10-20-48)50-33-29-46(30-34-50)44(3)4)40-65(59)67(64(58)39-51)63-26-16-15-25-57(63)62-41-60-55-23-13-11-21-53(55)54-22-12-14-24-56(54)61(60)42-66(62)67/h5-44H,1-4H3. The van der Waals surface area contributed by atoms with E-state index >= 15 is 0 Å². The van der Waals surface area contributed by atoms with Crippen molar-refractivity contribution in [3.63, 3.8) is 0 Å². The molecule has 0 heterocycles. The van der Waals surface area contributed by atoms with Crippen molar-refractivity contribution in [1.29, 1.82) is 0 Å². The smallest absolute Gasteiger partial charge is 0.0727 e. The lowest BCUT2D eigenvalue weighted by molar-refractivity contribution is 0.795. The molecule has 330 valence electrons. The van der Waals surface area contributed by atoms with E-state index in [1.807, 2.05) is 0 Å². The van der Waals surface area contributed by atoms with Crippen molar-refractivity contribution in [3.05, 3.63) is 264 Å². The van der Waals surface area contributed by atoms with Crippen LogP contribution in [0, 0.1) is 0 Å². The Kier molecular flexibility index (Phi) is 9.49. The van der Waals surface area contributed by atoms with E-state index < -0.39 is 5.41 Å². The molecule has 1 spiro atoms. The van der Waals surface area contributed by atoms with Gasteiger partial charge in [-0.25, -0.2) is 0 Å². The van der Waals surface area contributed by atoms with Gasteiger partial charge in [0.15, 0.2) is 0 Å². The Morgan fingerprint density at radius 1 is 0.261 bits per heavy atom. The van der Waals surface area contributed by atoms with E-state index in [1.54, 1.807) is 0 Å². The lowest BCUT2D eigenvalue weighted by Gasteiger charge is -2.33. The van der Waals surface area contributed by atoms with Crippen molar-refractivity contribution < 1.29 is 0 Å². The van der Waals surface area contributed by atoms with Crippen LogP contribution in [0.5, 0.6) is 0 Å². The summed E-state index contributed by atoms with van der Waals surface area (Å²) < 4.78 is 0. The summed E-state index contributed by atoms with van der Waals surface area (Å²) in [5.74, 6) is 0.886. The maximum absolute atomic E-state index is 2.58. The molecule has 0 aliphatic heterocycles. The molecule has 2 heteroatoms. The van der Waals surface area contributed by atoms with Gasteiger partial charge in [-0.3, -0.25) is 0 Å². The van der Waals surface area contributed by atoms with Crippen molar-refractivity contribution in [1.82, 2.24) is 0 Å². The van der Waals surface area contributed by atoms with Crippen molar-refractivity contribution in [2.45, 2.75) is 44.9 Å². The highest BCUT2D eigenvalue weighted by Crippen LogP contribution is 2.65. The highest BCUT2D eigenvalue weighted by Gasteiger charge is 2.52. The number of para-hydroxylation sites is 2. The lowest BCUT2D eigenvalue weighted by Crippen LogP contribution is -2.26. The van der Waals surface area contributed by atoms with Crippen LogP contribution in [0.3, 0.4) is 0 Å².